The van der Waals surface area contributed by atoms with Crippen molar-refractivity contribution in [1.82, 2.24) is 5.32 Å². The summed E-state index contributed by atoms with van der Waals surface area (Å²) >= 11 is 0. The van der Waals surface area contributed by atoms with Crippen molar-refractivity contribution < 1.29 is 13.2 Å². The Labute approximate surface area is 145 Å². The normalized spacial score (nSPS) is 11.5. The third kappa shape index (κ3) is 8.12. The molecule has 0 aromatic heterocycles. The van der Waals surface area contributed by atoms with Crippen LogP contribution in [0.15, 0.2) is 29.3 Å². The number of hydrogen-bond acceptors (Lipinski definition) is 1. The molecule has 1 rings (SSSR count). The van der Waals surface area contributed by atoms with E-state index in [1.54, 1.807) is 0 Å². The van der Waals surface area contributed by atoms with Gasteiger partial charge < -0.3 is 11.1 Å². The summed E-state index contributed by atoms with van der Waals surface area (Å²) in [6, 6.07) is 4.89. The van der Waals surface area contributed by atoms with E-state index in [4.69, 9.17) is 5.73 Å². The van der Waals surface area contributed by atoms with E-state index in [0.717, 1.165) is 12.1 Å². The number of aliphatic imine (C=N–C) groups is 1. The first-order valence-corrected chi connectivity index (χ1v) is 6.49. The molecule has 0 saturated heterocycles. The minimum absolute atomic E-state index is 0. The second kappa shape index (κ2) is 9.56. The van der Waals surface area contributed by atoms with E-state index in [1.165, 1.54) is 12.1 Å². The molecule has 0 bridgehead atoms. The maximum absolute atomic E-state index is 12.5. The van der Waals surface area contributed by atoms with Gasteiger partial charge in [0.2, 0.25) is 0 Å². The van der Waals surface area contributed by atoms with Crippen molar-refractivity contribution in [2.45, 2.75) is 20.0 Å². The number of rotatable bonds is 3. The van der Waals surface area contributed by atoms with E-state index < -0.39 is 11.7 Å². The van der Waals surface area contributed by atoms with E-state index in [0.29, 0.717) is 18.0 Å². The smallest absolute Gasteiger partial charge is 0.370 e. The van der Waals surface area contributed by atoms with Crippen molar-refractivity contribution in [3.8, 4) is 11.8 Å². The molecule has 1 aromatic rings. The largest absolute Gasteiger partial charge is 0.416 e. The Balaban J connectivity index is 0.00000441. The van der Waals surface area contributed by atoms with Gasteiger partial charge in [-0.05, 0) is 24.1 Å². The fourth-order valence-corrected chi connectivity index (χ4v) is 1.39. The molecule has 1 aromatic carbocycles. The van der Waals surface area contributed by atoms with E-state index >= 15 is 0 Å². The summed E-state index contributed by atoms with van der Waals surface area (Å²) in [4.78, 5) is 4.08. The molecule has 0 aliphatic heterocycles. The summed E-state index contributed by atoms with van der Waals surface area (Å²) in [5.74, 6) is 6.05. The SMILES string of the molecule is CC(C)CN=C(N)NCC#Cc1cccc(C(F)(F)F)c1.I. The molecule has 0 unspecified atom stereocenters. The Hall–Kier alpha value is -1.43. The van der Waals surface area contributed by atoms with Crippen LogP contribution in [-0.4, -0.2) is 19.0 Å². The van der Waals surface area contributed by atoms with Crippen molar-refractivity contribution >= 4 is 29.9 Å². The number of benzene rings is 1. The first kappa shape index (κ1) is 20.6. The molecule has 0 aliphatic carbocycles. The highest BCUT2D eigenvalue weighted by Gasteiger charge is 2.30. The highest BCUT2D eigenvalue weighted by molar-refractivity contribution is 14.0. The van der Waals surface area contributed by atoms with E-state index in [-0.39, 0.29) is 36.5 Å². The predicted molar refractivity (Wildman–Crippen MR) is 93.1 cm³/mol. The number of nitrogens with zero attached hydrogens (tertiary/aromatic N) is 1. The molecule has 0 saturated carbocycles. The van der Waals surface area contributed by atoms with Gasteiger partial charge in [0.05, 0.1) is 12.1 Å². The lowest BCUT2D eigenvalue weighted by atomic mass is 10.1. The predicted octanol–water partition coefficient (Wildman–Crippen LogP) is 3.24. The van der Waals surface area contributed by atoms with Crippen LogP contribution in [0, 0.1) is 17.8 Å². The van der Waals surface area contributed by atoms with Crippen molar-refractivity contribution in [1.29, 1.82) is 0 Å². The summed E-state index contributed by atoms with van der Waals surface area (Å²) < 4.78 is 37.6. The van der Waals surface area contributed by atoms with Gasteiger partial charge >= 0.3 is 6.18 Å². The summed E-state index contributed by atoms with van der Waals surface area (Å²) in [5.41, 5.74) is 5.21. The lowest BCUT2D eigenvalue weighted by Crippen LogP contribution is -2.32. The quantitative estimate of drug-likeness (QED) is 0.338. The number of nitrogens with two attached hydrogens (primary N) is 1. The molecule has 0 radical (unpaired) electrons. The van der Waals surface area contributed by atoms with Crippen LogP contribution in [-0.2, 0) is 6.18 Å². The summed E-state index contributed by atoms with van der Waals surface area (Å²) in [6.45, 7) is 4.87. The summed E-state index contributed by atoms with van der Waals surface area (Å²) in [6.07, 6.45) is -4.36. The van der Waals surface area contributed by atoms with Gasteiger partial charge in [0.1, 0.15) is 0 Å². The minimum atomic E-state index is -4.36. The third-order valence-electron chi connectivity index (χ3n) is 2.41. The molecular formula is C15H19F3IN3. The van der Waals surface area contributed by atoms with Gasteiger partial charge in [-0.25, -0.2) is 0 Å². The third-order valence-corrected chi connectivity index (χ3v) is 2.41. The molecule has 0 amide bonds. The van der Waals surface area contributed by atoms with Crippen molar-refractivity contribution in [3.05, 3.63) is 35.4 Å². The van der Waals surface area contributed by atoms with Crippen LogP contribution in [0.2, 0.25) is 0 Å². The molecular weight excluding hydrogens is 406 g/mol. The fourth-order valence-electron chi connectivity index (χ4n) is 1.39. The highest BCUT2D eigenvalue weighted by atomic mass is 127. The van der Waals surface area contributed by atoms with Crippen LogP contribution < -0.4 is 11.1 Å². The Morgan fingerprint density at radius 2 is 2.05 bits per heavy atom. The lowest BCUT2D eigenvalue weighted by molar-refractivity contribution is -0.137. The van der Waals surface area contributed by atoms with Crippen molar-refractivity contribution in [2.24, 2.45) is 16.6 Å². The van der Waals surface area contributed by atoms with E-state index in [2.05, 4.69) is 22.2 Å². The zero-order chi connectivity index (χ0) is 15.9. The molecule has 7 heteroatoms. The zero-order valence-electron chi connectivity index (χ0n) is 12.4. The summed E-state index contributed by atoms with van der Waals surface area (Å²) in [7, 11) is 0. The minimum Gasteiger partial charge on any atom is -0.370 e. The molecule has 0 heterocycles. The first-order valence-electron chi connectivity index (χ1n) is 6.49. The maximum atomic E-state index is 12.5. The molecule has 0 spiro atoms. The van der Waals surface area contributed by atoms with Crippen LogP contribution in [0.5, 0.6) is 0 Å². The Morgan fingerprint density at radius 3 is 2.64 bits per heavy atom. The Morgan fingerprint density at radius 1 is 1.36 bits per heavy atom. The zero-order valence-corrected chi connectivity index (χ0v) is 14.7. The maximum Gasteiger partial charge on any atom is 0.416 e. The van der Waals surface area contributed by atoms with Crippen molar-refractivity contribution in [3.63, 3.8) is 0 Å². The molecule has 22 heavy (non-hydrogen) atoms. The molecule has 0 fully saturated rings. The Bertz CT molecular complexity index is 557. The summed E-state index contributed by atoms with van der Waals surface area (Å²) in [5, 5.41) is 2.79. The van der Waals surface area contributed by atoms with Gasteiger partial charge in [-0.1, -0.05) is 31.8 Å². The fraction of sp³-hybridized carbons (Fsp3) is 0.400. The first-order chi connectivity index (χ1) is 9.79. The van der Waals surface area contributed by atoms with Gasteiger partial charge in [0.15, 0.2) is 5.96 Å². The number of halogens is 4. The molecule has 0 aliphatic rings. The highest BCUT2D eigenvalue weighted by Crippen LogP contribution is 2.29. The van der Waals surface area contributed by atoms with E-state index in [9.17, 15) is 13.2 Å². The van der Waals surface area contributed by atoms with Gasteiger partial charge in [0.25, 0.3) is 0 Å². The van der Waals surface area contributed by atoms with Gasteiger partial charge in [-0.15, -0.1) is 24.0 Å². The molecule has 0 atom stereocenters. The van der Waals surface area contributed by atoms with Crippen molar-refractivity contribution in [2.75, 3.05) is 13.1 Å². The second-order valence-electron chi connectivity index (χ2n) is 4.85. The van der Waals surface area contributed by atoms with Crippen LogP contribution in [0.3, 0.4) is 0 Å². The molecule has 3 nitrogen and oxygen atoms in total. The van der Waals surface area contributed by atoms with Gasteiger partial charge in [-0.2, -0.15) is 13.2 Å². The van der Waals surface area contributed by atoms with Gasteiger partial charge in [0, 0.05) is 12.1 Å². The van der Waals surface area contributed by atoms with Crippen LogP contribution in [0.1, 0.15) is 25.0 Å². The number of nitrogens with one attached hydrogen (secondary N) is 1. The second-order valence-corrected chi connectivity index (χ2v) is 4.85. The molecule has 122 valence electrons. The van der Waals surface area contributed by atoms with E-state index in [1.807, 2.05) is 13.8 Å². The average Bonchev–Trinajstić information content (AvgIpc) is 2.41. The van der Waals surface area contributed by atoms with Crippen LogP contribution in [0.25, 0.3) is 0 Å². The molecule has 3 N–H and O–H groups in total. The Kier molecular flexibility index (Phi) is 8.94. The lowest BCUT2D eigenvalue weighted by Gasteiger charge is -2.05. The number of hydrogen-bond donors (Lipinski definition) is 2. The topological polar surface area (TPSA) is 50.4 Å². The number of guanidine groups is 1. The monoisotopic (exact) mass is 425 g/mol. The van der Waals surface area contributed by atoms with Crippen LogP contribution >= 0.6 is 24.0 Å². The van der Waals surface area contributed by atoms with Gasteiger partial charge in [-0.3, -0.25) is 4.99 Å². The average molecular weight is 425 g/mol. The standard InChI is InChI=1S/C15H18F3N3.HI/c1-11(2)10-21-14(19)20-8-4-6-12-5-3-7-13(9-12)15(16,17)18;/h3,5,7,9,11H,8,10H2,1-2H3,(H3,19,20,21);1H. The number of alkyl halides is 3. The van der Waals surface area contributed by atoms with Crippen LogP contribution in [0.4, 0.5) is 13.2 Å².